The van der Waals surface area contributed by atoms with E-state index in [4.69, 9.17) is 4.74 Å². The molecule has 0 aliphatic rings. The van der Waals surface area contributed by atoms with E-state index >= 15 is 0 Å². The molecule has 2 rings (SSSR count). The van der Waals surface area contributed by atoms with Crippen LogP contribution in [0, 0.1) is 0 Å². The van der Waals surface area contributed by atoms with Crippen molar-refractivity contribution in [1.29, 1.82) is 0 Å². The van der Waals surface area contributed by atoms with Crippen molar-refractivity contribution in [3.8, 4) is 5.75 Å². The van der Waals surface area contributed by atoms with E-state index in [9.17, 15) is 5.11 Å². The highest BCUT2D eigenvalue weighted by molar-refractivity contribution is 5.30. The van der Waals surface area contributed by atoms with Crippen molar-refractivity contribution in [1.82, 2.24) is 0 Å². The molecule has 0 heterocycles. The summed E-state index contributed by atoms with van der Waals surface area (Å²) in [5.74, 6) is 0.808. The molecule has 0 unspecified atom stereocenters. The summed E-state index contributed by atoms with van der Waals surface area (Å²) in [4.78, 5) is 0. The number of benzene rings is 2. The predicted octanol–water partition coefficient (Wildman–Crippen LogP) is 3.54. The van der Waals surface area contributed by atoms with Crippen molar-refractivity contribution in [2.24, 2.45) is 0 Å². The lowest BCUT2D eigenvalue weighted by molar-refractivity contribution is 0.0480. The minimum absolute atomic E-state index is 0.698. The van der Waals surface area contributed by atoms with Gasteiger partial charge in [0.2, 0.25) is 0 Å². The summed E-state index contributed by atoms with van der Waals surface area (Å²) in [6.45, 7) is 1.86. The highest BCUT2D eigenvalue weighted by atomic mass is 16.5. The molecular formula is C17H20O2. The summed E-state index contributed by atoms with van der Waals surface area (Å²) >= 11 is 0. The molecule has 0 spiro atoms. The molecule has 0 saturated carbocycles. The molecule has 19 heavy (non-hydrogen) atoms. The van der Waals surface area contributed by atoms with Gasteiger partial charge in [-0.15, -0.1) is 0 Å². The van der Waals surface area contributed by atoms with Crippen molar-refractivity contribution in [2.75, 3.05) is 7.11 Å². The van der Waals surface area contributed by atoms with Gasteiger partial charge in [0.1, 0.15) is 5.75 Å². The van der Waals surface area contributed by atoms with Crippen molar-refractivity contribution in [2.45, 2.75) is 25.4 Å². The van der Waals surface area contributed by atoms with Gasteiger partial charge in [0.05, 0.1) is 12.7 Å². The monoisotopic (exact) mass is 256 g/mol. The maximum atomic E-state index is 10.6. The van der Waals surface area contributed by atoms with Crippen LogP contribution in [0.3, 0.4) is 0 Å². The Bertz CT molecular complexity index is 501. The van der Waals surface area contributed by atoms with E-state index in [1.165, 1.54) is 5.56 Å². The Labute approximate surface area is 114 Å². The molecule has 1 N–H and O–H groups in total. The van der Waals surface area contributed by atoms with E-state index in [2.05, 4.69) is 12.1 Å². The van der Waals surface area contributed by atoms with Crippen LogP contribution in [0.15, 0.2) is 54.6 Å². The largest absolute Gasteiger partial charge is 0.497 e. The van der Waals surface area contributed by atoms with Crippen LogP contribution < -0.4 is 4.74 Å². The number of methoxy groups -OCH3 is 1. The van der Waals surface area contributed by atoms with Crippen LogP contribution in [-0.2, 0) is 12.0 Å². The SMILES string of the molecule is COc1ccc([C@@](C)(O)CCc2ccccc2)cc1. The lowest BCUT2D eigenvalue weighted by Gasteiger charge is -2.24. The molecule has 0 radical (unpaired) electrons. The molecular weight excluding hydrogens is 236 g/mol. The molecule has 2 nitrogen and oxygen atoms in total. The summed E-state index contributed by atoms with van der Waals surface area (Å²) in [5.41, 5.74) is 1.35. The number of aryl methyl sites for hydroxylation is 1. The fourth-order valence-corrected chi connectivity index (χ4v) is 2.13. The van der Waals surface area contributed by atoms with Gasteiger partial charge < -0.3 is 9.84 Å². The van der Waals surface area contributed by atoms with Crippen molar-refractivity contribution >= 4 is 0 Å². The standard InChI is InChI=1S/C17H20O2/c1-17(18,13-12-14-6-4-3-5-7-14)15-8-10-16(19-2)11-9-15/h3-11,18H,12-13H2,1-2H3/t17-/m0/s1. The maximum Gasteiger partial charge on any atom is 0.118 e. The number of rotatable bonds is 5. The van der Waals surface area contributed by atoms with Crippen LogP contribution in [0.4, 0.5) is 0 Å². The molecule has 0 aliphatic carbocycles. The van der Waals surface area contributed by atoms with Gasteiger partial charge in [0.25, 0.3) is 0 Å². The van der Waals surface area contributed by atoms with Crippen molar-refractivity contribution in [3.05, 3.63) is 65.7 Å². The molecule has 0 saturated heterocycles. The third kappa shape index (κ3) is 3.58. The van der Waals surface area contributed by atoms with Crippen molar-refractivity contribution in [3.63, 3.8) is 0 Å². The number of aliphatic hydroxyl groups is 1. The first-order valence-corrected chi connectivity index (χ1v) is 6.53. The van der Waals surface area contributed by atoms with Gasteiger partial charge in [0.15, 0.2) is 0 Å². The zero-order valence-electron chi connectivity index (χ0n) is 11.5. The summed E-state index contributed by atoms with van der Waals surface area (Å²) in [6, 6.07) is 17.8. The first-order valence-electron chi connectivity index (χ1n) is 6.53. The van der Waals surface area contributed by atoms with E-state index in [1.807, 2.05) is 49.4 Å². The average Bonchev–Trinajstić information content (AvgIpc) is 2.46. The van der Waals surface area contributed by atoms with E-state index in [1.54, 1.807) is 7.11 Å². The molecule has 0 aromatic heterocycles. The lowest BCUT2D eigenvalue weighted by Crippen LogP contribution is -2.21. The topological polar surface area (TPSA) is 29.5 Å². The van der Waals surface area contributed by atoms with E-state index in [0.717, 1.165) is 17.7 Å². The third-order valence-electron chi connectivity index (χ3n) is 3.46. The van der Waals surface area contributed by atoms with Crippen LogP contribution in [0.2, 0.25) is 0 Å². The zero-order chi connectivity index (χ0) is 13.7. The van der Waals surface area contributed by atoms with Gasteiger partial charge in [0, 0.05) is 0 Å². The predicted molar refractivity (Wildman–Crippen MR) is 77.3 cm³/mol. The Morgan fingerprint density at radius 2 is 1.63 bits per heavy atom. The van der Waals surface area contributed by atoms with Crippen LogP contribution in [-0.4, -0.2) is 12.2 Å². The van der Waals surface area contributed by atoms with Crippen LogP contribution in [0.1, 0.15) is 24.5 Å². The Morgan fingerprint density at radius 3 is 2.21 bits per heavy atom. The summed E-state index contributed by atoms with van der Waals surface area (Å²) in [7, 11) is 1.64. The first kappa shape index (κ1) is 13.6. The van der Waals surface area contributed by atoms with E-state index in [-0.39, 0.29) is 0 Å². The fourth-order valence-electron chi connectivity index (χ4n) is 2.13. The second kappa shape index (κ2) is 5.89. The van der Waals surface area contributed by atoms with E-state index in [0.29, 0.717) is 6.42 Å². The quantitative estimate of drug-likeness (QED) is 0.886. The van der Waals surface area contributed by atoms with Gasteiger partial charge in [-0.1, -0.05) is 42.5 Å². The van der Waals surface area contributed by atoms with Gasteiger partial charge in [-0.2, -0.15) is 0 Å². The zero-order valence-corrected chi connectivity index (χ0v) is 11.5. The molecule has 0 amide bonds. The highest BCUT2D eigenvalue weighted by Crippen LogP contribution is 2.27. The lowest BCUT2D eigenvalue weighted by atomic mass is 9.89. The second-order valence-electron chi connectivity index (χ2n) is 4.99. The molecule has 0 aliphatic heterocycles. The Kier molecular flexibility index (Phi) is 4.23. The van der Waals surface area contributed by atoms with Gasteiger partial charge >= 0.3 is 0 Å². The van der Waals surface area contributed by atoms with Crippen LogP contribution in [0.25, 0.3) is 0 Å². The van der Waals surface area contributed by atoms with E-state index < -0.39 is 5.60 Å². The average molecular weight is 256 g/mol. The summed E-state index contributed by atoms with van der Waals surface area (Å²) < 4.78 is 5.13. The minimum atomic E-state index is -0.817. The van der Waals surface area contributed by atoms with Crippen LogP contribution >= 0.6 is 0 Å². The molecule has 0 fully saturated rings. The molecule has 2 aromatic rings. The Morgan fingerprint density at radius 1 is 1.00 bits per heavy atom. The molecule has 100 valence electrons. The molecule has 2 heteroatoms. The maximum absolute atomic E-state index is 10.6. The normalized spacial score (nSPS) is 13.8. The van der Waals surface area contributed by atoms with Crippen molar-refractivity contribution < 1.29 is 9.84 Å². The minimum Gasteiger partial charge on any atom is -0.497 e. The van der Waals surface area contributed by atoms with Crippen LogP contribution in [0.5, 0.6) is 5.75 Å². The smallest absolute Gasteiger partial charge is 0.118 e. The van der Waals surface area contributed by atoms with Gasteiger partial charge in [-0.3, -0.25) is 0 Å². The van der Waals surface area contributed by atoms with Gasteiger partial charge in [-0.05, 0) is 43.0 Å². The fraction of sp³-hybridized carbons (Fsp3) is 0.294. The Balaban J connectivity index is 2.04. The number of ether oxygens (including phenoxy) is 1. The number of hydrogen-bond donors (Lipinski definition) is 1. The Hall–Kier alpha value is -1.80. The molecule has 2 aromatic carbocycles. The summed E-state index contributed by atoms with van der Waals surface area (Å²) in [6.07, 6.45) is 1.56. The highest BCUT2D eigenvalue weighted by Gasteiger charge is 2.22. The van der Waals surface area contributed by atoms with Gasteiger partial charge in [-0.25, -0.2) is 0 Å². The summed E-state index contributed by atoms with van der Waals surface area (Å²) in [5, 5.41) is 10.6. The number of hydrogen-bond acceptors (Lipinski definition) is 2. The first-order chi connectivity index (χ1) is 9.12. The second-order valence-corrected chi connectivity index (χ2v) is 4.99. The third-order valence-corrected chi connectivity index (χ3v) is 3.46. The molecule has 0 bridgehead atoms. The molecule has 1 atom stereocenters.